The third kappa shape index (κ3) is 3.27. The molecule has 1 aromatic carbocycles. The number of anilines is 1. The third-order valence-electron chi connectivity index (χ3n) is 2.84. The van der Waals surface area contributed by atoms with Crippen LogP contribution in [0, 0.1) is 5.92 Å². The van der Waals surface area contributed by atoms with Crippen molar-refractivity contribution in [1.29, 1.82) is 0 Å². The second kappa shape index (κ2) is 5.27. The summed E-state index contributed by atoms with van der Waals surface area (Å²) in [5.41, 5.74) is 6.44. The molecule has 0 atom stereocenters. The highest BCUT2D eigenvalue weighted by molar-refractivity contribution is 7.80. The van der Waals surface area contributed by atoms with Gasteiger partial charge in [-0.05, 0) is 25.0 Å². The molecule has 1 aliphatic carbocycles. The molecule has 3 nitrogen and oxygen atoms in total. The molecule has 0 saturated heterocycles. The highest BCUT2D eigenvalue weighted by atomic mass is 32.1. The number of rotatable bonds is 5. The third-order valence-corrected chi connectivity index (χ3v) is 3.05. The number of nitrogens with two attached hydrogens (primary N) is 1. The van der Waals surface area contributed by atoms with Gasteiger partial charge in [-0.2, -0.15) is 0 Å². The molecule has 1 aliphatic rings. The summed E-state index contributed by atoms with van der Waals surface area (Å²) in [6, 6.07) is 9.70. The molecule has 1 saturated carbocycles. The number of carbonyl (C=O) groups excluding carboxylic acids is 1. The summed E-state index contributed by atoms with van der Waals surface area (Å²) in [6.07, 6.45) is 2.59. The number of amides is 1. The molecular formula is C13H16N2OS. The van der Waals surface area contributed by atoms with Crippen molar-refractivity contribution in [3.05, 3.63) is 30.3 Å². The molecule has 0 unspecified atom stereocenters. The summed E-state index contributed by atoms with van der Waals surface area (Å²) in [5, 5.41) is 0. The normalized spacial score (nSPS) is 14.4. The van der Waals surface area contributed by atoms with Crippen molar-refractivity contribution in [2.75, 3.05) is 11.4 Å². The van der Waals surface area contributed by atoms with E-state index in [2.05, 4.69) is 0 Å². The van der Waals surface area contributed by atoms with E-state index in [9.17, 15) is 4.79 Å². The lowest BCUT2D eigenvalue weighted by Gasteiger charge is -2.22. The molecule has 4 heteroatoms. The molecule has 1 fully saturated rings. The minimum Gasteiger partial charge on any atom is -0.393 e. The van der Waals surface area contributed by atoms with Crippen LogP contribution < -0.4 is 10.6 Å². The van der Waals surface area contributed by atoms with Crippen LogP contribution >= 0.6 is 12.2 Å². The maximum atomic E-state index is 12.2. The highest BCUT2D eigenvalue weighted by Gasteiger charge is 2.33. The molecule has 0 aliphatic heterocycles. The van der Waals surface area contributed by atoms with Gasteiger partial charge in [-0.25, -0.2) is 0 Å². The molecule has 0 spiro atoms. The number of nitrogens with zero attached hydrogens (tertiary/aromatic N) is 1. The van der Waals surface area contributed by atoms with Gasteiger partial charge in [0.1, 0.15) is 0 Å². The van der Waals surface area contributed by atoms with Crippen molar-refractivity contribution in [3.63, 3.8) is 0 Å². The van der Waals surface area contributed by atoms with Gasteiger partial charge in [0.2, 0.25) is 5.91 Å². The summed E-state index contributed by atoms with van der Waals surface area (Å²) < 4.78 is 0. The van der Waals surface area contributed by atoms with Crippen LogP contribution in [0.1, 0.15) is 19.3 Å². The van der Waals surface area contributed by atoms with E-state index < -0.39 is 0 Å². The van der Waals surface area contributed by atoms with Gasteiger partial charge in [-0.3, -0.25) is 4.79 Å². The molecule has 0 bridgehead atoms. The number of benzene rings is 1. The Labute approximate surface area is 107 Å². The van der Waals surface area contributed by atoms with Crippen molar-refractivity contribution in [2.45, 2.75) is 19.3 Å². The quantitative estimate of drug-likeness (QED) is 0.812. The summed E-state index contributed by atoms with van der Waals surface area (Å²) in [6.45, 7) is 0.578. The minimum atomic E-state index is 0.201. The van der Waals surface area contributed by atoms with Gasteiger partial charge in [0.15, 0.2) is 0 Å². The first-order valence-corrected chi connectivity index (χ1v) is 6.24. The molecule has 1 amide bonds. The standard InChI is InChI=1S/C13H16N2OS/c14-12(17)8-9-15(13(16)10-6-7-10)11-4-2-1-3-5-11/h1-5,10H,6-9H2,(H2,14,17). The second-order valence-electron chi connectivity index (χ2n) is 4.32. The lowest BCUT2D eigenvalue weighted by molar-refractivity contribution is -0.119. The first-order chi connectivity index (χ1) is 8.18. The van der Waals surface area contributed by atoms with Gasteiger partial charge in [-0.15, -0.1) is 0 Å². The topological polar surface area (TPSA) is 46.3 Å². The van der Waals surface area contributed by atoms with E-state index >= 15 is 0 Å². The van der Waals surface area contributed by atoms with E-state index in [1.807, 2.05) is 30.3 Å². The Morgan fingerprint density at radius 2 is 2.00 bits per heavy atom. The van der Waals surface area contributed by atoms with E-state index in [4.69, 9.17) is 18.0 Å². The van der Waals surface area contributed by atoms with Crippen LogP contribution in [-0.2, 0) is 4.79 Å². The average molecular weight is 248 g/mol. The Balaban J connectivity index is 2.11. The van der Waals surface area contributed by atoms with Crippen molar-refractivity contribution in [1.82, 2.24) is 0 Å². The fraction of sp³-hybridized carbons (Fsp3) is 0.385. The lowest BCUT2D eigenvalue weighted by atomic mass is 10.2. The van der Waals surface area contributed by atoms with E-state index in [-0.39, 0.29) is 11.8 Å². The van der Waals surface area contributed by atoms with Crippen molar-refractivity contribution < 1.29 is 4.79 Å². The number of thiocarbonyl (C=S) groups is 1. The molecular weight excluding hydrogens is 232 g/mol. The summed E-state index contributed by atoms with van der Waals surface area (Å²) >= 11 is 4.87. The molecule has 0 radical (unpaired) electrons. The van der Waals surface area contributed by atoms with Crippen LogP contribution in [0.4, 0.5) is 5.69 Å². The number of hydrogen-bond donors (Lipinski definition) is 1. The smallest absolute Gasteiger partial charge is 0.230 e. The zero-order chi connectivity index (χ0) is 12.3. The fourth-order valence-corrected chi connectivity index (χ4v) is 1.84. The van der Waals surface area contributed by atoms with Gasteiger partial charge in [0.25, 0.3) is 0 Å². The predicted molar refractivity (Wildman–Crippen MR) is 72.9 cm³/mol. The van der Waals surface area contributed by atoms with Crippen LogP contribution in [0.15, 0.2) is 30.3 Å². The average Bonchev–Trinajstić information content (AvgIpc) is 3.14. The molecule has 17 heavy (non-hydrogen) atoms. The fourth-order valence-electron chi connectivity index (χ4n) is 1.75. The largest absolute Gasteiger partial charge is 0.393 e. The van der Waals surface area contributed by atoms with Crippen molar-refractivity contribution in [2.24, 2.45) is 11.7 Å². The summed E-state index contributed by atoms with van der Waals surface area (Å²) in [5.74, 6) is 0.411. The Kier molecular flexibility index (Phi) is 3.74. The van der Waals surface area contributed by atoms with Gasteiger partial charge < -0.3 is 10.6 Å². The maximum Gasteiger partial charge on any atom is 0.230 e. The minimum absolute atomic E-state index is 0.201. The highest BCUT2D eigenvalue weighted by Crippen LogP contribution is 2.32. The van der Waals surface area contributed by atoms with Gasteiger partial charge in [-0.1, -0.05) is 30.4 Å². The number of hydrogen-bond acceptors (Lipinski definition) is 2. The first-order valence-electron chi connectivity index (χ1n) is 5.83. The van der Waals surface area contributed by atoms with E-state index in [0.29, 0.717) is 18.0 Å². The Hall–Kier alpha value is -1.42. The lowest BCUT2D eigenvalue weighted by Crippen LogP contribution is -2.34. The van der Waals surface area contributed by atoms with Crippen molar-refractivity contribution in [3.8, 4) is 0 Å². The van der Waals surface area contributed by atoms with E-state index in [0.717, 1.165) is 18.5 Å². The molecule has 0 heterocycles. The molecule has 1 aromatic rings. The Bertz CT molecular complexity index is 415. The maximum absolute atomic E-state index is 12.2. The summed E-state index contributed by atoms with van der Waals surface area (Å²) in [4.78, 5) is 14.4. The molecule has 0 aromatic heterocycles. The van der Waals surface area contributed by atoms with Crippen LogP contribution in [0.5, 0.6) is 0 Å². The Morgan fingerprint density at radius 3 is 2.53 bits per heavy atom. The molecule has 90 valence electrons. The SMILES string of the molecule is NC(=S)CCN(C(=O)C1CC1)c1ccccc1. The van der Waals surface area contributed by atoms with Crippen LogP contribution in [0.3, 0.4) is 0 Å². The van der Waals surface area contributed by atoms with E-state index in [1.165, 1.54) is 0 Å². The van der Waals surface area contributed by atoms with Crippen LogP contribution in [-0.4, -0.2) is 17.4 Å². The second-order valence-corrected chi connectivity index (χ2v) is 4.84. The zero-order valence-corrected chi connectivity index (χ0v) is 10.5. The first kappa shape index (κ1) is 12.0. The molecule has 2 rings (SSSR count). The van der Waals surface area contributed by atoms with Crippen LogP contribution in [0.2, 0.25) is 0 Å². The predicted octanol–water partition coefficient (Wildman–Crippen LogP) is 2.11. The molecule has 2 N–H and O–H groups in total. The number of carbonyl (C=O) groups is 1. The Morgan fingerprint density at radius 1 is 1.35 bits per heavy atom. The number of para-hydroxylation sites is 1. The van der Waals surface area contributed by atoms with Gasteiger partial charge in [0, 0.05) is 24.6 Å². The summed E-state index contributed by atoms with van der Waals surface area (Å²) in [7, 11) is 0. The van der Waals surface area contributed by atoms with Gasteiger partial charge >= 0.3 is 0 Å². The van der Waals surface area contributed by atoms with Crippen LogP contribution in [0.25, 0.3) is 0 Å². The zero-order valence-electron chi connectivity index (χ0n) is 9.63. The monoisotopic (exact) mass is 248 g/mol. The van der Waals surface area contributed by atoms with Crippen molar-refractivity contribution >= 4 is 28.8 Å². The van der Waals surface area contributed by atoms with E-state index in [1.54, 1.807) is 4.90 Å². The van der Waals surface area contributed by atoms with Gasteiger partial charge in [0.05, 0.1) is 4.99 Å².